The van der Waals surface area contributed by atoms with E-state index in [0.717, 1.165) is 0 Å². The van der Waals surface area contributed by atoms with Crippen molar-refractivity contribution in [2.75, 3.05) is 28.1 Å². The molecule has 0 radical (unpaired) electrons. The first kappa shape index (κ1) is 17.8. The molecule has 2 aliphatic heterocycles. The molecule has 1 aromatic heterocycles. The van der Waals surface area contributed by atoms with E-state index < -0.39 is 5.92 Å². The Morgan fingerprint density at radius 1 is 1.29 bits per heavy atom. The molecular formula is C18H18N4O6. The van der Waals surface area contributed by atoms with Crippen molar-refractivity contribution in [3.63, 3.8) is 0 Å². The van der Waals surface area contributed by atoms with Crippen LogP contribution in [0.25, 0.3) is 0 Å². The summed E-state index contributed by atoms with van der Waals surface area (Å²) in [5, 5.41) is 16.8. The van der Waals surface area contributed by atoms with Gasteiger partial charge in [0.05, 0.1) is 38.0 Å². The number of aromatic nitrogens is 2. The Morgan fingerprint density at radius 2 is 2.07 bits per heavy atom. The van der Waals surface area contributed by atoms with Crippen LogP contribution in [-0.4, -0.2) is 38.3 Å². The number of hydrogen-bond donors (Lipinski definition) is 2. The van der Waals surface area contributed by atoms with Gasteiger partial charge in [-0.2, -0.15) is 5.26 Å². The van der Waals surface area contributed by atoms with E-state index in [1.165, 1.54) is 14.2 Å². The maximum Gasteiger partial charge on any atom is 0.244 e. The quantitative estimate of drug-likeness (QED) is 0.784. The zero-order chi connectivity index (χ0) is 19.8. The zero-order valence-electron chi connectivity index (χ0n) is 15.5. The normalized spacial score (nSPS) is 17.0. The van der Waals surface area contributed by atoms with E-state index in [2.05, 4.69) is 16.3 Å². The Morgan fingerprint density at radius 3 is 2.75 bits per heavy atom. The fourth-order valence-corrected chi connectivity index (χ4v) is 3.48. The van der Waals surface area contributed by atoms with E-state index in [-0.39, 0.29) is 30.7 Å². The van der Waals surface area contributed by atoms with Crippen LogP contribution in [0.2, 0.25) is 0 Å². The van der Waals surface area contributed by atoms with Crippen molar-refractivity contribution in [1.29, 1.82) is 5.26 Å². The van der Waals surface area contributed by atoms with Crippen LogP contribution < -0.4 is 29.4 Å². The molecule has 3 heterocycles. The molecule has 4 rings (SSSR count). The summed E-state index contributed by atoms with van der Waals surface area (Å²) in [6.45, 7) is 0.277. The Hall–Kier alpha value is -3.58. The fourth-order valence-electron chi connectivity index (χ4n) is 3.48. The SMILES string of the molecule is COCc1[nH]nc2c1[C@H](c1cc(OC)c3c(c1OC)OCO3)C(C#N)=C(N)O2. The number of hydrogen-bond acceptors (Lipinski definition) is 9. The number of nitrogens with two attached hydrogens (primary N) is 1. The first-order valence-corrected chi connectivity index (χ1v) is 8.32. The molecule has 10 heteroatoms. The number of nitrogens with zero attached hydrogens (tertiary/aromatic N) is 2. The third-order valence-electron chi connectivity index (χ3n) is 4.63. The molecule has 146 valence electrons. The second kappa shape index (κ2) is 6.86. The maximum absolute atomic E-state index is 9.80. The van der Waals surface area contributed by atoms with Crippen molar-refractivity contribution in [2.45, 2.75) is 12.5 Å². The maximum atomic E-state index is 9.80. The standard InChI is InChI=1S/C18H18N4O6/c1-23-6-10-13-12(9(5-19)17(20)28-18(13)22-21-10)8-4-11(24-2)15-16(14(8)25-3)27-7-26-15/h4,12H,6-7,20H2,1-3H3,(H,21,22)/t12-/m1/s1. The molecule has 1 aromatic carbocycles. The van der Waals surface area contributed by atoms with E-state index in [9.17, 15) is 5.26 Å². The molecule has 1 atom stereocenters. The van der Waals surface area contributed by atoms with Crippen LogP contribution in [-0.2, 0) is 11.3 Å². The van der Waals surface area contributed by atoms with Gasteiger partial charge in [-0.3, -0.25) is 5.10 Å². The van der Waals surface area contributed by atoms with Crippen molar-refractivity contribution >= 4 is 0 Å². The largest absolute Gasteiger partial charge is 0.493 e. The number of aromatic amines is 1. The number of nitriles is 1. The summed E-state index contributed by atoms with van der Waals surface area (Å²) in [6.07, 6.45) is 0. The topological polar surface area (TPSA) is 134 Å². The van der Waals surface area contributed by atoms with Crippen LogP contribution in [0.5, 0.6) is 28.9 Å². The van der Waals surface area contributed by atoms with E-state index in [0.29, 0.717) is 39.8 Å². The first-order valence-electron chi connectivity index (χ1n) is 8.32. The second-order valence-corrected chi connectivity index (χ2v) is 6.04. The number of H-pyrrole nitrogens is 1. The average molecular weight is 386 g/mol. The highest BCUT2D eigenvalue weighted by molar-refractivity contribution is 5.68. The molecule has 3 N–H and O–H groups in total. The number of rotatable bonds is 5. The minimum Gasteiger partial charge on any atom is -0.493 e. The minimum atomic E-state index is -0.629. The Kier molecular flexibility index (Phi) is 4.37. The second-order valence-electron chi connectivity index (χ2n) is 6.04. The number of benzene rings is 1. The summed E-state index contributed by atoms with van der Waals surface area (Å²) in [5.41, 5.74) is 8.11. The van der Waals surface area contributed by atoms with Gasteiger partial charge < -0.3 is 34.2 Å². The van der Waals surface area contributed by atoms with Crippen molar-refractivity contribution in [1.82, 2.24) is 10.2 Å². The van der Waals surface area contributed by atoms with E-state index in [4.69, 9.17) is 34.2 Å². The lowest BCUT2D eigenvalue weighted by atomic mass is 9.83. The lowest BCUT2D eigenvalue weighted by molar-refractivity contribution is 0.168. The first-order chi connectivity index (χ1) is 13.6. The summed E-state index contributed by atoms with van der Waals surface area (Å²) < 4.78 is 33.0. The predicted molar refractivity (Wildman–Crippen MR) is 94.3 cm³/mol. The Balaban J connectivity index is 2.01. The highest BCUT2D eigenvalue weighted by Gasteiger charge is 2.39. The van der Waals surface area contributed by atoms with Crippen LogP contribution in [0.15, 0.2) is 17.5 Å². The van der Waals surface area contributed by atoms with Gasteiger partial charge in [0, 0.05) is 12.7 Å². The molecule has 0 saturated carbocycles. The molecule has 10 nitrogen and oxygen atoms in total. The number of methoxy groups -OCH3 is 3. The summed E-state index contributed by atoms with van der Waals surface area (Å²) in [6, 6.07) is 3.87. The van der Waals surface area contributed by atoms with Crippen molar-refractivity contribution in [3.05, 3.63) is 34.3 Å². The highest BCUT2D eigenvalue weighted by atomic mass is 16.7. The van der Waals surface area contributed by atoms with Gasteiger partial charge in [-0.1, -0.05) is 0 Å². The van der Waals surface area contributed by atoms with Crippen molar-refractivity contribution < 1.29 is 28.4 Å². The van der Waals surface area contributed by atoms with Crippen molar-refractivity contribution in [3.8, 4) is 34.9 Å². The summed E-state index contributed by atoms with van der Waals surface area (Å²) >= 11 is 0. The van der Waals surface area contributed by atoms with Gasteiger partial charge in [-0.05, 0) is 6.07 Å². The van der Waals surface area contributed by atoms with Crippen LogP contribution >= 0.6 is 0 Å². The molecule has 0 fully saturated rings. The fraction of sp³-hybridized carbons (Fsp3) is 0.333. The Labute approximate surface area is 160 Å². The van der Waals surface area contributed by atoms with Gasteiger partial charge >= 0.3 is 0 Å². The lowest BCUT2D eigenvalue weighted by Gasteiger charge is -2.26. The van der Waals surface area contributed by atoms with Crippen LogP contribution in [0.3, 0.4) is 0 Å². The van der Waals surface area contributed by atoms with Crippen LogP contribution in [0, 0.1) is 11.3 Å². The van der Waals surface area contributed by atoms with Gasteiger partial charge in [0.2, 0.25) is 30.1 Å². The third kappa shape index (κ3) is 2.48. The van der Waals surface area contributed by atoms with Crippen LogP contribution in [0.1, 0.15) is 22.7 Å². The average Bonchev–Trinajstić information content (AvgIpc) is 3.33. The molecule has 28 heavy (non-hydrogen) atoms. The predicted octanol–water partition coefficient (Wildman–Crippen LogP) is 1.52. The van der Waals surface area contributed by atoms with Gasteiger partial charge in [0.1, 0.15) is 11.6 Å². The molecule has 2 aliphatic rings. The Bertz CT molecular complexity index is 1010. The molecular weight excluding hydrogens is 368 g/mol. The van der Waals surface area contributed by atoms with Gasteiger partial charge in [0.15, 0.2) is 11.5 Å². The molecule has 0 bridgehead atoms. The minimum absolute atomic E-state index is 0.0332. The number of fused-ring (bicyclic) bond motifs is 2. The lowest BCUT2D eigenvalue weighted by Crippen LogP contribution is -2.22. The third-order valence-corrected chi connectivity index (χ3v) is 4.63. The molecule has 0 spiro atoms. The van der Waals surface area contributed by atoms with Gasteiger partial charge in [-0.15, -0.1) is 5.10 Å². The molecule has 0 amide bonds. The molecule has 0 unspecified atom stereocenters. The zero-order valence-corrected chi connectivity index (χ0v) is 15.5. The van der Waals surface area contributed by atoms with E-state index in [1.54, 1.807) is 13.2 Å². The number of nitrogens with one attached hydrogen (secondary N) is 1. The van der Waals surface area contributed by atoms with E-state index in [1.807, 2.05) is 0 Å². The number of allylic oxidation sites excluding steroid dienone is 1. The number of ether oxygens (including phenoxy) is 6. The van der Waals surface area contributed by atoms with Gasteiger partial charge in [0.25, 0.3) is 0 Å². The summed E-state index contributed by atoms with van der Waals surface area (Å²) in [4.78, 5) is 0. The summed E-state index contributed by atoms with van der Waals surface area (Å²) in [5.74, 6) is 1.31. The molecule has 2 aromatic rings. The molecule has 0 saturated heterocycles. The highest BCUT2D eigenvalue weighted by Crippen LogP contribution is 2.55. The summed E-state index contributed by atoms with van der Waals surface area (Å²) in [7, 11) is 4.59. The van der Waals surface area contributed by atoms with E-state index >= 15 is 0 Å². The smallest absolute Gasteiger partial charge is 0.244 e. The van der Waals surface area contributed by atoms with Gasteiger partial charge in [-0.25, -0.2) is 0 Å². The van der Waals surface area contributed by atoms with Crippen molar-refractivity contribution in [2.24, 2.45) is 5.73 Å². The van der Waals surface area contributed by atoms with Crippen LogP contribution in [0.4, 0.5) is 0 Å². The molecule has 0 aliphatic carbocycles. The monoisotopic (exact) mass is 386 g/mol.